The molecule has 58 valence electrons. The van der Waals surface area contributed by atoms with Gasteiger partial charge in [0.25, 0.3) is 0 Å². The van der Waals surface area contributed by atoms with E-state index in [2.05, 4.69) is 17.9 Å². The van der Waals surface area contributed by atoms with Crippen molar-refractivity contribution in [1.82, 2.24) is 5.32 Å². The molecule has 1 saturated heterocycles. The maximum absolute atomic E-state index is 10.6. The van der Waals surface area contributed by atoms with Crippen molar-refractivity contribution in [1.29, 1.82) is 0 Å². The summed E-state index contributed by atoms with van der Waals surface area (Å²) < 4.78 is 0. The lowest BCUT2D eigenvalue weighted by Gasteiger charge is -2.08. The van der Waals surface area contributed by atoms with E-state index in [0.29, 0.717) is 10.5 Å². The Morgan fingerprint density at radius 2 is 2.40 bits per heavy atom. The van der Waals surface area contributed by atoms with Crippen LogP contribution in [0.4, 0.5) is 0 Å². The van der Waals surface area contributed by atoms with Crippen LogP contribution < -0.4 is 5.32 Å². The van der Waals surface area contributed by atoms with Gasteiger partial charge < -0.3 is 5.32 Å². The lowest BCUT2D eigenvalue weighted by molar-refractivity contribution is -0.109. The third kappa shape index (κ3) is 2.18. The van der Waals surface area contributed by atoms with E-state index in [1.54, 1.807) is 6.92 Å². The summed E-state index contributed by atoms with van der Waals surface area (Å²) in [4.78, 5) is 10.6. The van der Waals surface area contributed by atoms with Crippen molar-refractivity contribution in [3.63, 3.8) is 0 Å². The zero-order chi connectivity index (χ0) is 7.56. The third-order valence-corrected chi connectivity index (χ3v) is 3.32. The van der Waals surface area contributed by atoms with Gasteiger partial charge in [0, 0.05) is 30.5 Å². The van der Waals surface area contributed by atoms with Gasteiger partial charge in [0.05, 0.1) is 0 Å². The minimum Gasteiger partial charge on any atom is -0.314 e. The zero-order valence-electron chi connectivity index (χ0n) is 5.83. The highest BCUT2D eigenvalue weighted by Crippen LogP contribution is 2.21. The van der Waals surface area contributed by atoms with Gasteiger partial charge in [-0.15, -0.1) is 0 Å². The minimum absolute atomic E-state index is 0.188. The first-order valence-electron chi connectivity index (χ1n) is 3.26. The number of carbonyl (C=O) groups excluding carboxylic acids is 1. The average Bonchev–Trinajstić information content (AvgIpc) is 2.15. The monoisotopic (exact) mass is 177 g/mol. The van der Waals surface area contributed by atoms with Crippen molar-refractivity contribution in [2.24, 2.45) is 0 Å². The lowest BCUT2D eigenvalue weighted by atomic mass is 10.4. The van der Waals surface area contributed by atoms with E-state index in [1.807, 2.05) is 0 Å². The van der Waals surface area contributed by atoms with E-state index in [9.17, 15) is 4.79 Å². The smallest absolute Gasteiger partial charge is 0.186 e. The predicted molar refractivity (Wildman–Crippen MR) is 47.7 cm³/mol. The van der Waals surface area contributed by atoms with E-state index in [0.717, 1.165) is 13.1 Å². The van der Waals surface area contributed by atoms with Gasteiger partial charge in [0.1, 0.15) is 0 Å². The van der Waals surface area contributed by atoms with Crippen molar-refractivity contribution in [3.05, 3.63) is 0 Å². The summed E-state index contributed by atoms with van der Waals surface area (Å²) in [6.07, 6.45) is 0. The van der Waals surface area contributed by atoms with Crippen molar-refractivity contribution >= 4 is 29.5 Å². The van der Waals surface area contributed by atoms with Crippen molar-refractivity contribution in [2.45, 2.75) is 17.4 Å². The van der Waals surface area contributed by atoms with Crippen molar-refractivity contribution < 1.29 is 4.79 Å². The number of rotatable bonds is 1. The number of carbonyl (C=O) groups is 1. The summed E-state index contributed by atoms with van der Waals surface area (Å²) in [5.74, 6) is 0. The Balaban J connectivity index is 2.33. The van der Waals surface area contributed by atoms with Crippen LogP contribution in [0.1, 0.15) is 6.92 Å². The number of thioether (sulfide) groups is 1. The second kappa shape index (κ2) is 3.64. The first kappa shape index (κ1) is 8.43. The summed E-state index contributed by atoms with van der Waals surface area (Å²) in [7, 11) is 0. The van der Waals surface area contributed by atoms with Crippen LogP contribution in [0.5, 0.6) is 0 Å². The fraction of sp³-hybridized carbons (Fsp3) is 0.833. The van der Waals surface area contributed by atoms with E-state index >= 15 is 0 Å². The predicted octanol–water partition coefficient (Wildman–Crippen LogP) is 0.536. The molecule has 2 atom stereocenters. The van der Waals surface area contributed by atoms with Crippen LogP contribution in [0.15, 0.2) is 0 Å². The second-order valence-corrected chi connectivity index (χ2v) is 4.45. The molecule has 1 aliphatic rings. The third-order valence-electron chi connectivity index (χ3n) is 1.45. The highest BCUT2D eigenvalue weighted by Gasteiger charge is 2.25. The highest BCUT2D eigenvalue weighted by molar-refractivity contribution is 8.14. The highest BCUT2D eigenvalue weighted by atomic mass is 32.2. The fourth-order valence-corrected chi connectivity index (χ4v) is 2.27. The van der Waals surface area contributed by atoms with E-state index in [-0.39, 0.29) is 5.12 Å². The van der Waals surface area contributed by atoms with Crippen molar-refractivity contribution in [3.8, 4) is 0 Å². The van der Waals surface area contributed by atoms with Gasteiger partial charge in [-0.25, -0.2) is 0 Å². The van der Waals surface area contributed by atoms with Gasteiger partial charge in [-0.1, -0.05) is 11.8 Å². The van der Waals surface area contributed by atoms with Crippen LogP contribution in [-0.2, 0) is 4.79 Å². The van der Waals surface area contributed by atoms with Crippen molar-refractivity contribution in [2.75, 3.05) is 13.1 Å². The number of thiol groups is 1. The van der Waals surface area contributed by atoms with Gasteiger partial charge in [0.15, 0.2) is 5.12 Å². The van der Waals surface area contributed by atoms with Crippen LogP contribution in [-0.4, -0.2) is 28.7 Å². The molecule has 1 heterocycles. The topological polar surface area (TPSA) is 29.1 Å². The summed E-state index contributed by atoms with van der Waals surface area (Å²) in [6, 6.07) is 0. The van der Waals surface area contributed by atoms with E-state index in [4.69, 9.17) is 0 Å². The van der Waals surface area contributed by atoms with Gasteiger partial charge >= 0.3 is 0 Å². The molecule has 4 heteroatoms. The maximum Gasteiger partial charge on any atom is 0.186 e. The van der Waals surface area contributed by atoms with Gasteiger partial charge in [0.2, 0.25) is 0 Å². The Morgan fingerprint density at radius 1 is 1.70 bits per heavy atom. The Labute approximate surface area is 70.5 Å². The molecular formula is C6H11NOS2. The molecule has 1 fully saturated rings. The Morgan fingerprint density at radius 3 is 2.80 bits per heavy atom. The van der Waals surface area contributed by atoms with Gasteiger partial charge in [-0.3, -0.25) is 4.79 Å². The molecule has 0 saturated carbocycles. The maximum atomic E-state index is 10.6. The molecule has 2 nitrogen and oxygen atoms in total. The Kier molecular flexibility index (Phi) is 3.07. The summed E-state index contributed by atoms with van der Waals surface area (Å²) >= 11 is 5.72. The molecule has 1 rings (SSSR count). The molecule has 0 radical (unpaired) electrons. The molecule has 0 spiro atoms. The Bertz CT molecular complexity index is 140. The minimum atomic E-state index is 0.188. The second-order valence-electron chi connectivity index (χ2n) is 2.37. The average molecular weight is 177 g/mol. The number of hydrogen-bond acceptors (Lipinski definition) is 4. The summed E-state index contributed by atoms with van der Waals surface area (Å²) in [5, 5.41) is 4.08. The number of hydrogen-bond donors (Lipinski definition) is 2. The van der Waals surface area contributed by atoms with Crippen LogP contribution in [0.2, 0.25) is 0 Å². The first-order chi connectivity index (χ1) is 4.70. The quantitative estimate of drug-likeness (QED) is 0.573. The zero-order valence-corrected chi connectivity index (χ0v) is 7.54. The first-order valence-corrected chi connectivity index (χ1v) is 4.66. The molecule has 10 heavy (non-hydrogen) atoms. The molecule has 0 aromatic heterocycles. The SMILES string of the molecule is CC(=O)SC1CNCC1S. The fourth-order valence-electron chi connectivity index (χ4n) is 0.974. The van der Waals surface area contributed by atoms with Crippen LogP contribution in [0.3, 0.4) is 0 Å². The van der Waals surface area contributed by atoms with Crippen LogP contribution in [0.25, 0.3) is 0 Å². The molecule has 0 aromatic carbocycles. The lowest BCUT2D eigenvalue weighted by Crippen LogP contribution is -2.16. The summed E-state index contributed by atoms with van der Waals surface area (Å²) in [5.41, 5.74) is 0. The van der Waals surface area contributed by atoms with Gasteiger partial charge in [-0.05, 0) is 0 Å². The largest absolute Gasteiger partial charge is 0.314 e. The molecular weight excluding hydrogens is 166 g/mol. The molecule has 0 bridgehead atoms. The molecule has 0 aromatic rings. The van der Waals surface area contributed by atoms with Crippen LogP contribution in [0, 0.1) is 0 Å². The van der Waals surface area contributed by atoms with E-state index in [1.165, 1.54) is 11.8 Å². The van der Waals surface area contributed by atoms with Gasteiger partial charge in [-0.2, -0.15) is 12.6 Å². The molecule has 0 amide bonds. The molecule has 1 N–H and O–H groups in total. The molecule has 1 aliphatic heterocycles. The van der Waals surface area contributed by atoms with Crippen LogP contribution >= 0.6 is 24.4 Å². The normalized spacial score (nSPS) is 32.6. The molecule has 0 aliphatic carbocycles. The number of nitrogens with one attached hydrogen (secondary N) is 1. The van der Waals surface area contributed by atoms with E-state index < -0.39 is 0 Å². The standard InChI is InChI=1S/C6H11NOS2/c1-4(8)10-6-3-7-2-5(6)9/h5-7,9H,2-3H2,1H3. The Hall–Kier alpha value is 0.330. The summed E-state index contributed by atoms with van der Waals surface area (Å²) in [6.45, 7) is 3.44. The molecule has 2 unspecified atom stereocenters.